The van der Waals surface area contributed by atoms with Gasteiger partial charge in [-0.1, -0.05) is 421 Å². The molecule has 0 aliphatic carbocycles. The number of carbonyl (C=O) groups excluding carboxylic acids is 4. The molecule has 0 amide bonds. The van der Waals surface area contributed by atoms with Crippen molar-refractivity contribution in [2.75, 3.05) is 39.6 Å². The molecule has 0 aromatic rings. The zero-order valence-corrected chi connectivity index (χ0v) is 73.1. The number of aliphatic hydroxyl groups is 1. The number of ether oxygens (including phenoxy) is 4. The van der Waals surface area contributed by atoms with E-state index in [-0.39, 0.29) is 25.7 Å². The van der Waals surface area contributed by atoms with Crippen molar-refractivity contribution < 1.29 is 80.2 Å². The normalized spacial score (nSPS) is 14.3. The van der Waals surface area contributed by atoms with Crippen molar-refractivity contribution in [3.05, 3.63) is 0 Å². The number of phosphoric acid groups is 2. The van der Waals surface area contributed by atoms with Crippen LogP contribution in [0.5, 0.6) is 0 Å². The van der Waals surface area contributed by atoms with Crippen molar-refractivity contribution in [1.29, 1.82) is 0 Å². The first kappa shape index (κ1) is 106. The van der Waals surface area contributed by atoms with Crippen LogP contribution in [0.4, 0.5) is 0 Å². The van der Waals surface area contributed by atoms with E-state index in [2.05, 4.69) is 48.5 Å². The zero-order valence-electron chi connectivity index (χ0n) is 71.3. The van der Waals surface area contributed by atoms with Crippen LogP contribution in [0.25, 0.3) is 0 Å². The fraction of sp³-hybridized carbons (Fsp3) is 0.955. The SMILES string of the molecule is CCCCCCCCCCCCCCCCC(=O)O[C@H](COC(=O)CCCCCCCCCC(C)C)COP(=O)(O)OC[C@H](O)COP(=O)(O)OC[C@@H](COC(=O)CCCCCCCCCCCCCCCCCCCCC(C)CC)OC(=O)CCCCCCCCCCCCCCCCCCCCC(C)CC. The van der Waals surface area contributed by atoms with Crippen molar-refractivity contribution in [1.82, 2.24) is 0 Å². The highest BCUT2D eigenvalue weighted by Gasteiger charge is 2.31. The first-order valence-corrected chi connectivity index (χ1v) is 48.9. The largest absolute Gasteiger partial charge is 0.472 e. The predicted molar refractivity (Wildman–Crippen MR) is 446 cm³/mol. The first-order chi connectivity index (χ1) is 52.3. The molecule has 0 bridgehead atoms. The van der Waals surface area contributed by atoms with Crippen LogP contribution in [0.1, 0.15) is 472 Å². The molecular formula is C89H174O17P2. The van der Waals surface area contributed by atoms with Gasteiger partial charge in [0.05, 0.1) is 26.4 Å². The lowest BCUT2D eigenvalue weighted by molar-refractivity contribution is -0.161. The second-order valence-electron chi connectivity index (χ2n) is 32.9. The van der Waals surface area contributed by atoms with Crippen LogP contribution >= 0.6 is 15.6 Å². The summed E-state index contributed by atoms with van der Waals surface area (Å²) in [5.74, 6) is 0.348. The average Bonchev–Trinajstić information content (AvgIpc) is 0.900. The van der Waals surface area contributed by atoms with E-state index in [1.165, 1.54) is 276 Å². The summed E-state index contributed by atoms with van der Waals surface area (Å²) in [6, 6.07) is 0. The molecule has 0 saturated carbocycles. The Labute approximate surface area is 664 Å². The van der Waals surface area contributed by atoms with Crippen LogP contribution in [-0.2, 0) is 65.4 Å². The molecule has 17 nitrogen and oxygen atoms in total. The van der Waals surface area contributed by atoms with Gasteiger partial charge in [0.25, 0.3) is 0 Å². The van der Waals surface area contributed by atoms with Crippen LogP contribution in [0.15, 0.2) is 0 Å². The summed E-state index contributed by atoms with van der Waals surface area (Å²) in [5.41, 5.74) is 0. The molecule has 3 N–H and O–H groups in total. The second kappa shape index (κ2) is 78.9. The van der Waals surface area contributed by atoms with Gasteiger partial charge in [0.2, 0.25) is 0 Å². The number of aliphatic hydroxyl groups excluding tert-OH is 1. The summed E-state index contributed by atoms with van der Waals surface area (Å²) in [6.07, 6.45) is 70.9. The number of carbonyl (C=O) groups is 4. The molecule has 0 rings (SSSR count). The molecule has 0 fully saturated rings. The smallest absolute Gasteiger partial charge is 0.462 e. The number of phosphoric ester groups is 2. The third kappa shape index (κ3) is 79.3. The van der Waals surface area contributed by atoms with Gasteiger partial charge in [-0.3, -0.25) is 37.3 Å². The van der Waals surface area contributed by atoms with Gasteiger partial charge >= 0.3 is 39.5 Å². The molecule has 0 radical (unpaired) electrons. The van der Waals surface area contributed by atoms with Crippen molar-refractivity contribution in [2.24, 2.45) is 17.8 Å². The summed E-state index contributed by atoms with van der Waals surface area (Å²) in [5, 5.41) is 10.7. The van der Waals surface area contributed by atoms with E-state index < -0.39 is 97.5 Å². The van der Waals surface area contributed by atoms with Crippen LogP contribution in [0.2, 0.25) is 0 Å². The minimum atomic E-state index is -4.97. The van der Waals surface area contributed by atoms with Crippen molar-refractivity contribution >= 4 is 39.5 Å². The summed E-state index contributed by atoms with van der Waals surface area (Å²) in [4.78, 5) is 73.3. The standard InChI is InChI=1S/C89H174O17P2/c1-8-11-12-13-14-15-16-17-32-38-43-50-58-65-72-89(94)106-85(77-100-87(92)71-64-57-52-45-46-53-60-67-80(4)5)79-104-108(97,98)102-75-83(90)74-101-107(95,96)103-78-84(105-88(93)73-66-59-51-44-39-34-29-25-21-19-23-27-31-36-41-48-55-62-69-82(7)10-3)76-99-86(91)70-63-56-49-42-37-33-28-24-20-18-22-26-30-35-40-47-54-61-68-81(6)9-2/h80-85,90H,8-79H2,1-7H3,(H,95,96)(H,97,98)/t81?,82?,83-,84-,85-/m1/s1. The number of hydrogen-bond acceptors (Lipinski definition) is 15. The van der Waals surface area contributed by atoms with E-state index >= 15 is 0 Å². The lowest BCUT2D eigenvalue weighted by Crippen LogP contribution is -2.30. The molecular weight excluding hydrogens is 1400 g/mol. The van der Waals surface area contributed by atoms with Gasteiger partial charge in [-0.05, 0) is 43.4 Å². The van der Waals surface area contributed by atoms with Crippen molar-refractivity contribution in [2.45, 2.75) is 491 Å². The number of esters is 4. The lowest BCUT2D eigenvalue weighted by Gasteiger charge is -2.21. The highest BCUT2D eigenvalue weighted by atomic mass is 31.2. The quantitative estimate of drug-likeness (QED) is 0.0222. The highest BCUT2D eigenvalue weighted by Crippen LogP contribution is 2.45. The van der Waals surface area contributed by atoms with Crippen molar-refractivity contribution in [3.63, 3.8) is 0 Å². The minimum Gasteiger partial charge on any atom is -0.462 e. The minimum absolute atomic E-state index is 0.107. The van der Waals surface area contributed by atoms with E-state index in [9.17, 15) is 43.2 Å². The Morgan fingerprint density at radius 1 is 0.269 bits per heavy atom. The van der Waals surface area contributed by atoms with Gasteiger partial charge in [-0.2, -0.15) is 0 Å². The fourth-order valence-corrected chi connectivity index (χ4v) is 15.4. The summed E-state index contributed by atoms with van der Waals surface area (Å²) in [6.45, 7) is 12.1. The maximum absolute atomic E-state index is 13.2. The first-order valence-electron chi connectivity index (χ1n) is 45.9. The molecule has 0 saturated heterocycles. The maximum Gasteiger partial charge on any atom is 0.472 e. The van der Waals surface area contributed by atoms with Gasteiger partial charge in [0.15, 0.2) is 12.2 Å². The van der Waals surface area contributed by atoms with Crippen LogP contribution in [0.3, 0.4) is 0 Å². The second-order valence-corrected chi connectivity index (χ2v) is 35.9. The van der Waals surface area contributed by atoms with E-state index in [1.807, 2.05) is 0 Å². The van der Waals surface area contributed by atoms with Gasteiger partial charge in [-0.15, -0.1) is 0 Å². The monoisotopic (exact) mass is 1580 g/mol. The number of rotatable bonds is 87. The summed E-state index contributed by atoms with van der Waals surface area (Å²) >= 11 is 0. The summed E-state index contributed by atoms with van der Waals surface area (Å²) in [7, 11) is -9.93. The van der Waals surface area contributed by atoms with Crippen molar-refractivity contribution in [3.8, 4) is 0 Å². The molecule has 0 aromatic heterocycles. The Balaban J connectivity index is 5.21. The third-order valence-corrected chi connectivity index (χ3v) is 23.5. The van der Waals surface area contributed by atoms with Gasteiger partial charge < -0.3 is 33.8 Å². The molecule has 108 heavy (non-hydrogen) atoms. The summed E-state index contributed by atoms with van der Waals surface area (Å²) < 4.78 is 68.9. The molecule has 0 aliphatic heterocycles. The topological polar surface area (TPSA) is 237 Å². The van der Waals surface area contributed by atoms with Crippen LogP contribution in [0, 0.1) is 17.8 Å². The average molecular weight is 1580 g/mol. The van der Waals surface area contributed by atoms with E-state index in [0.717, 1.165) is 108 Å². The molecule has 7 atom stereocenters. The highest BCUT2D eigenvalue weighted by molar-refractivity contribution is 7.47. The van der Waals surface area contributed by atoms with Gasteiger partial charge in [-0.25, -0.2) is 9.13 Å². The molecule has 642 valence electrons. The van der Waals surface area contributed by atoms with E-state index in [0.29, 0.717) is 31.6 Å². The van der Waals surface area contributed by atoms with Gasteiger partial charge in [0, 0.05) is 25.7 Å². The Kier molecular flexibility index (Phi) is 77.5. The van der Waals surface area contributed by atoms with Gasteiger partial charge in [0.1, 0.15) is 19.3 Å². The Hall–Kier alpha value is -1.94. The molecule has 0 aliphatic rings. The molecule has 0 spiro atoms. The zero-order chi connectivity index (χ0) is 79.3. The number of unbranched alkanes of at least 4 members (excludes halogenated alkanes) is 53. The third-order valence-electron chi connectivity index (χ3n) is 21.6. The molecule has 0 heterocycles. The molecule has 0 aromatic carbocycles. The Bertz CT molecular complexity index is 2080. The molecule has 19 heteroatoms. The maximum atomic E-state index is 13.2. The van der Waals surface area contributed by atoms with Crippen LogP contribution in [-0.4, -0.2) is 96.7 Å². The Morgan fingerprint density at radius 3 is 0.704 bits per heavy atom. The van der Waals surface area contributed by atoms with Crippen LogP contribution < -0.4 is 0 Å². The number of hydrogen-bond donors (Lipinski definition) is 3. The van der Waals surface area contributed by atoms with E-state index in [1.54, 1.807) is 0 Å². The fourth-order valence-electron chi connectivity index (χ4n) is 13.8. The van der Waals surface area contributed by atoms with E-state index in [4.69, 9.17) is 37.0 Å². The predicted octanol–water partition coefficient (Wildman–Crippen LogP) is 27.3. The Morgan fingerprint density at radius 2 is 0.472 bits per heavy atom. The molecule has 4 unspecified atom stereocenters. The lowest BCUT2D eigenvalue weighted by atomic mass is 9.99.